The molecule has 1 fully saturated rings. The Morgan fingerprint density at radius 2 is 2.04 bits per heavy atom. The van der Waals surface area contributed by atoms with E-state index in [1.54, 1.807) is 11.8 Å². The van der Waals surface area contributed by atoms with Crippen LogP contribution in [0.15, 0.2) is 46.0 Å². The normalized spacial score (nSPS) is 17.5. The van der Waals surface area contributed by atoms with Crippen molar-refractivity contribution in [2.45, 2.75) is 23.9 Å². The van der Waals surface area contributed by atoms with Crippen LogP contribution in [0, 0.1) is 0 Å². The Morgan fingerprint density at radius 1 is 1.21 bits per heavy atom. The van der Waals surface area contributed by atoms with Gasteiger partial charge in [0, 0.05) is 23.8 Å². The summed E-state index contributed by atoms with van der Waals surface area (Å²) in [6.45, 7) is 3.50. The number of halogens is 2. The first kappa shape index (κ1) is 20.4. The summed E-state index contributed by atoms with van der Waals surface area (Å²) in [5.41, 5.74) is 1.46. The third-order valence-corrected chi connectivity index (χ3v) is 7.95. The molecule has 0 aliphatic carbocycles. The highest BCUT2D eigenvalue weighted by atomic mass is 79.9. The van der Waals surface area contributed by atoms with Gasteiger partial charge >= 0.3 is 0 Å². The maximum absolute atomic E-state index is 6.04. The second kappa shape index (κ2) is 9.30. The van der Waals surface area contributed by atoms with Gasteiger partial charge in [0.2, 0.25) is 0 Å². The molecule has 4 rings (SSSR count). The Kier molecular flexibility index (Phi) is 6.78. The van der Waals surface area contributed by atoms with E-state index in [-0.39, 0.29) is 0 Å². The summed E-state index contributed by atoms with van der Waals surface area (Å²) in [7, 11) is 2.02. The molecule has 3 heterocycles. The van der Waals surface area contributed by atoms with Gasteiger partial charge in [-0.25, -0.2) is 0 Å². The average molecular weight is 498 g/mol. The van der Waals surface area contributed by atoms with Crippen LogP contribution in [0.3, 0.4) is 0 Å². The molecule has 0 unspecified atom stereocenters. The van der Waals surface area contributed by atoms with Gasteiger partial charge in [0.25, 0.3) is 0 Å². The number of thioether (sulfide) groups is 1. The van der Waals surface area contributed by atoms with Crippen LogP contribution in [0.2, 0.25) is 4.34 Å². The topological polar surface area (TPSA) is 34.0 Å². The summed E-state index contributed by atoms with van der Waals surface area (Å²) >= 11 is 12.9. The summed E-state index contributed by atoms with van der Waals surface area (Å²) in [6.07, 6.45) is 2.41. The lowest BCUT2D eigenvalue weighted by Crippen LogP contribution is -2.22. The number of aromatic nitrogens is 3. The molecule has 3 aromatic rings. The summed E-state index contributed by atoms with van der Waals surface area (Å²) in [5.74, 6) is 2.60. The van der Waals surface area contributed by atoms with Crippen molar-refractivity contribution < 1.29 is 0 Å². The van der Waals surface area contributed by atoms with E-state index >= 15 is 0 Å². The molecular formula is C20H22BrClN4S2. The number of thiophene rings is 1. The van der Waals surface area contributed by atoms with Crippen LogP contribution in [0.4, 0.5) is 0 Å². The standard InChI is InChI=1S/C20H22BrClN4S2/c1-25-19(17-7-8-18(22)28-17)23-24-20(25)27-12-2-10-26-11-9-15(13-26)14-3-5-16(21)6-4-14/h3-8,15H,2,9-13H2,1H3/t15-/m1/s1. The van der Waals surface area contributed by atoms with Gasteiger partial charge in [-0.3, -0.25) is 0 Å². The van der Waals surface area contributed by atoms with Crippen molar-refractivity contribution in [2.24, 2.45) is 7.05 Å². The number of hydrogen-bond donors (Lipinski definition) is 0. The van der Waals surface area contributed by atoms with E-state index < -0.39 is 0 Å². The first-order valence-electron chi connectivity index (χ1n) is 9.36. The van der Waals surface area contributed by atoms with Crippen LogP contribution in [0.25, 0.3) is 10.7 Å². The maximum atomic E-state index is 6.04. The fourth-order valence-corrected chi connectivity index (χ4v) is 5.75. The van der Waals surface area contributed by atoms with Gasteiger partial charge < -0.3 is 9.47 Å². The van der Waals surface area contributed by atoms with Crippen molar-refractivity contribution in [3.8, 4) is 10.7 Å². The van der Waals surface area contributed by atoms with Crippen LogP contribution in [0.5, 0.6) is 0 Å². The minimum atomic E-state index is 0.666. The molecule has 1 aromatic carbocycles. The highest BCUT2D eigenvalue weighted by Crippen LogP contribution is 2.32. The second-order valence-electron chi connectivity index (χ2n) is 7.01. The Labute approximate surface area is 187 Å². The average Bonchev–Trinajstić information content (AvgIpc) is 3.40. The SMILES string of the molecule is Cn1c(SCCCN2CC[C@@H](c3ccc(Br)cc3)C2)nnc1-c1ccc(Cl)s1. The zero-order valence-electron chi connectivity index (χ0n) is 15.6. The minimum absolute atomic E-state index is 0.666. The number of hydrogen-bond acceptors (Lipinski definition) is 5. The van der Waals surface area contributed by atoms with Gasteiger partial charge in [-0.1, -0.05) is 51.4 Å². The number of rotatable bonds is 7. The van der Waals surface area contributed by atoms with Crippen LogP contribution in [-0.2, 0) is 7.05 Å². The quantitative estimate of drug-likeness (QED) is 0.299. The van der Waals surface area contributed by atoms with Crippen molar-refractivity contribution in [3.05, 3.63) is 50.8 Å². The van der Waals surface area contributed by atoms with E-state index in [0.29, 0.717) is 5.92 Å². The lowest BCUT2D eigenvalue weighted by atomic mass is 9.99. The minimum Gasteiger partial charge on any atom is -0.305 e. The predicted molar refractivity (Wildman–Crippen MR) is 123 cm³/mol. The first-order chi connectivity index (χ1) is 13.6. The Morgan fingerprint density at radius 3 is 2.79 bits per heavy atom. The predicted octanol–water partition coefficient (Wildman–Crippen LogP) is 5.93. The van der Waals surface area contributed by atoms with Gasteiger partial charge in [0.05, 0.1) is 9.21 Å². The number of likely N-dealkylation sites (tertiary alicyclic amines) is 1. The van der Waals surface area contributed by atoms with Crippen molar-refractivity contribution in [3.63, 3.8) is 0 Å². The monoisotopic (exact) mass is 496 g/mol. The van der Waals surface area contributed by atoms with Crippen LogP contribution in [-0.4, -0.2) is 45.1 Å². The number of benzene rings is 1. The van der Waals surface area contributed by atoms with E-state index in [4.69, 9.17) is 11.6 Å². The molecule has 0 bridgehead atoms. The molecule has 2 aromatic heterocycles. The molecule has 0 N–H and O–H groups in total. The molecule has 0 amide bonds. The Balaban J connectivity index is 1.23. The van der Waals surface area contributed by atoms with E-state index in [1.165, 1.54) is 36.4 Å². The molecule has 148 valence electrons. The molecule has 28 heavy (non-hydrogen) atoms. The van der Waals surface area contributed by atoms with Crippen LogP contribution >= 0.6 is 50.6 Å². The lowest BCUT2D eigenvalue weighted by molar-refractivity contribution is 0.336. The zero-order chi connectivity index (χ0) is 19.5. The molecule has 8 heteroatoms. The molecule has 0 radical (unpaired) electrons. The summed E-state index contributed by atoms with van der Waals surface area (Å²) < 4.78 is 3.99. The van der Waals surface area contributed by atoms with Crippen molar-refractivity contribution in [2.75, 3.05) is 25.4 Å². The van der Waals surface area contributed by atoms with Gasteiger partial charge in [-0.05, 0) is 61.7 Å². The summed E-state index contributed by atoms with van der Waals surface area (Å²) in [6, 6.07) is 12.7. The smallest absolute Gasteiger partial charge is 0.191 e. The highest BCUT2D eigenvalue weighted by Gasteiger charge is 2.23. The molecule has 1 aliphatic rings. The van der Waals surface area contributed by atoms with Gasteiger partial charge in [0.1, 0.15) is 0 Å². The van der Waals surface area contributed by atoms with E-state index in [2.05, 4.69) is 59.9 Å². The zero-order valence-corrected chi connectivity index (χ0v) is 19.6. The molecule has 1 atom stereocenters. The third-order valence-electron chi connectivity index (χ3n) is 5.09. The molecule has 0 spiro atoms. The number of nitrogens with zero attached hydrogens (tertiary/aromatic N) is 4. The van der Waals surface area contributed by atoms with E-state index in [0.717, 1.165) is 43.4 Å². The molecular weight excluding hydrogens is 476 g/mol. The van der Waals surface area contributed by atoms with Crippen molar-refractivity contribution in [1.82, 2.24) is 19.7 Å². The van der Waals surface area contributed by atoms with Gasteiger partial charge in [-0.2, -0.15) is 0 Å². The molecule has 1 saturated heterocycles. The van der Waals surface area contributed by atoms with Gasteiger partial charge in [0.15, 0.2) is 11.0 Å². The van der Waals surface area contributed by atoms with Crippen LogP contribution < -0.4 is 0 Å². The fourth-order valence-electron chi connectivity index (χ4n) is 3.58. The highest BCUT2D eigenvalue weighted by molar-refractivity contribution is 9.10. The fraction of sp³-hybridized carbons (Fsp3) is 0.400. The van der Waals surface area contributed by atoms with Crippen molar-refractivity contribution >= 4 is 50.6 Å². The Hall–Kier alpha value is -0.860. The van der Waals surface area contributed by atoms with Gasteiger partial charge in [-0.15, -0.1) is 21.5 Å². The second-order valence-corrected chi connectivity index (χ2v) is 10.7. The molecule has 1 aliphatic heterocycles. The lowest BCUT2D eigenvalue weighted by Gasteiger charge is -2.16. The molecule has 4 nitrogen and oxygen atoms in total. The molecule has 0 saturated carbocycles. The van der Waals surface area contributed by atoms with E-state index in [9.17, 15) is 0 Å². The van der Waals surface area contributed by atoms with Crippen molar-refractivity contribution in [1.29, 1.82) is 0 Å². The summed E-state index contributed by atoms with van der Waals surface area (Å²) in [5, 5.41) is 9.65. The summed E-state index contributed by atoms with van der Waals surface area (Å²) in [4.78, 5) is 3.64. The van der Waals surface area contributed by atoms with E-state index in [1.807, 2.05) is 19.2 Å². The Bertz CT molecular complexity index is 925. The largest absolute Gasteiger partial charge is 0.305 e. The maximum Gasteiger partial charge on any atom is 0.191 e. The van der Waals surface area contributed by atoms with Crippen LogP contribution in [0.1, 0.15) is 24.3 Å². The first-order valence-corrected chi connectivity index (χ1v) is 12.3. The third kappa shape index (κ3) is 4.82.